The van der Waals surface area contributed by atoms with E-state index in [0.29, 0.717) is 13.0 Å². The van der Waals surface area contributed by atoms with E-state index in [1.807, 2.05) is 13.2 Å². The van der Waals surface area contributed by atoms with E-state index in [1.54, 1.807) is 10.9 Å². The van der Waals surface area contributed by atoms with Crippen LogP contribution in [0.4, 0.5) is 4.39 Å². The average molecular weight is 338 g/mol. The summed E-state index contributed by atoms with van der Waals surface area (Å²) < 4.78 is 20.5. The van der Waals surface area contributed by atoms with Crippen LogP contribution in [0.15, 0.2) is 30.6 Å². The van der Waals surface area contributed by atoms with Gasteiger partial charge in [-0.25, -0.2) is 4.39 Å². The molecule has 1 aliphatic heterocycles. The number of carbonyl (C=O) groups is 1. The van der Waals surface area contributed by atoms with Crippen LogP contribution in [0, 0.1) is 5.82 Å². The number of nitrogens with one attached hydrogen (secondary N) is 1. The van der Waals surface area contributed by atoms with Crippen molar-refractivity contribution in [2.45, 2.75) is 25.0 Å². The van der Waals surface area contributed by atoms with Gasteiger partial charge in [0.15, 0.2) is 0 Å². The lowest BCUT2D eigenvalue weighted by Gasteiger charge is -2.29. The first kappa shape index (κ1) is 16.0. The molecule has 0 bridgehead atoms. The number of benzene rings is 1. The van der Waals surface area contributed by atoms with Gasteiger partial charge in [-0.15, -0.1) is 0 Å². The number of aromatic nitrogens is 2. The Balaban J connectivity index is 1.66. The van der Waals surface area contributed by atoms with Gasteiger partial charge in [0.05, 0.1) is 22.9 Å². The monoisotopic (exact) mass is 337 g/mol. The first-order valence-electron chi connectivity index (χ1n) is 7.39. The summed E-state index contributed by atoms with van der Waals surface area (Å²) in [5, 5.41) is 7.20. The second kappa shape index (κ2) is 6.68. The summed E-state index contributed by atoms with van der Waals surface area (Å²) in [5.74, 6) is -0.763. The predicted molar refractivity (Wildman–Crippen MR) is 83.8 cm³/mol. The highest BCUT2D eigenvalue weighted by molar-refractivity contribution is 6.33. The normalized spacial score (nSPS) is 21.2. The molecule has 0 saturated carbocycles. The standard InChI is InChI=1S/C16H17ClFN3O2/c1-21-9-10(8-19-21)15-7-12(4-5-23-15)20-16(22)13-3-2-11(18)6-14(13)17/h2-3,6,8-9,12,15H,4-5,7H2,1H3,(H,20,22). The first-order valence-corrected chi connectivity index (χ1v) is 7.77. The third-order valence-corrected chi connectivity index (χ3v) is 4.20. The van der Waals surface area contributed by atoms with Crippen LogP contribution < -0.4 is 5.32 Å². The maximum atomic E-state index is 13.1. The molecule has 1 aromatic carbocycles. The molecule has 7 heteroatoms. The van der Waals surface area contributed by atoms with Gasteiger partial charge < -0.3 is 10.1 Å². The largest absolute Gasteiger partial charge is 0.373 e. The van der Waals surface area contributed by atoms with E-state index in [0.717, 1.165) is 18.1 Å². The van der Waals surface area contributed by atoms with Crippen molar-refractivity contribution in [3.8, 4) is 0 Å². The lowest BCUT2D eigenvalue weighted by Crippen LogP contribution is -2.39. The van der Waals surface area contributed by atoms with E-state index in [9.17, 15) is 9.18 Å². The smallest absolute Gasteiger partial charge is 0.253 e. The number of rotatable bonds is 3. The number of nitrogens with zero attached hydrogens (tertiary/aromatic N) is 2. The van der Waals surface area contributed by atoms with Gasteiger partial charge >= 0.3 is 0 Å². The fourth-order valence-electron chi connectivity index (χ4n) is 2.70. The Morgan fingerprint density at radius 1 is 1.52 bits per heavy atom. The number of aryl methyl sites for hydroxylation is 1. The number of carbonyl (C=O) groups excluding carboxylic acids is 1. The highest BCUT2D eigenvalue weighted by Crippen LogP contribution is 2.28. The quantitative estimate of drug-likeness (QED) is 0.937. The Bertz CT molecular complexity index is 719. The molecule has 1 saturated heterocycles. The Kier molecular flexibility index (Phi) is 4.63. The summed E-state index contributed by atoms with van der Waals surface area (Å²) in [4.78, 5) is 12.3. The Morgan fingerprint density at radius 2 is 2.35 bits per heavy atom. The maximum absolute atomic E-state index is 13.1. The number of ether oxygens (including phenoxy) is 1. The van der Waals surface area contributed by atoms with Crippen molar-refractivity contribution in [2.24, 2.45) is 7.05 Å². The van der Waals surface area contributed by atoms with Crippen molar-refractivity contribution in [2.75, 3.05) is 6.61 Å². The van der Waals surface area contributed by atoms with Crippen LogP contribution >= 0.6 is 11.6 Å². The highest BCUT2D eigenvalue weighted by Gasteiger charge is 2.26. The Morgan fingerprint density at radius 3 is 3.04 bits per heavy atom. The fourth-order valence-corrected chi connectivity index (χ4v) is 2.96. The first-order chi connectivity index (χ1) is 11.0. The van der Waals surface area contributed by atoms with E-state index >= 15 is 0 Å². The number of hydrogen-bond acceptors (Lipinski definition) is 3. The molecule has 122 valence electrons. The van der Waals surface area contributed by atoms with E-state index in [2.05, 4.69) is 10.4 Å². The van der Waals surface area contributed by atoms with Crippen LogP contribution in [0.2, 0.25) is 5.02 Å². The van der Waals surface area contributed by atoms with Crippen LogP contribution in [0.1, 0.15) is 34.9 Å². The molecule has 1 amide bonds. The van der Waals surface area contributed by atoms with Gasteiger partial charge in [0.1, 0.15) is 5.82 Å². The third-order valence-electron chi connectivity index (χ3n) is 3.89. The Labute approximate surface area is 138 Å². The summed E-state index contributed by atoms with van der Waals surface area (Å²) in [6.45, 7) is 0.557. The summed E-state index contributed by atoms with van der Waals surface area (Å²) in [5.41, 5.74) is 1.27. The lowest BCUT2D eigenvalue weighted by molar-refractivity contribution is 0.000869. The third kappa shape index (κ3) is 3.71. The van der Waals surface area contributed by atoms with Crippen molar-refractivity contribution in [1.29, 1.82) is 0 Å². The van der Waals surface area contributed by atoms with Gasteiger partial charge in [-0.1, -0.05) is 11.6 Å². The zero-order valence-electron chi connectivity index (χ0n) is 12.6. The minimum atomic E-state index is -0.464. The summed E-state index contributed by atoms with van der Waals surface area (Å²) in [6.07, 6.45) is 4.97. The van der Waals surface area contributed by atoms with Crippen LogP contribution in [-0.4, -0.2) is 28.3 Å². The predicted octanol–water partition coefficient (Wildman–Crippen LogP) is 2.86. The second-order valence-corrected chi connectivity index (χ2v) is 6.03. The molecule has 1 aliphatic rings. The highest BCUT2D eigenvalue weighted by atomic mass is 35.5. The summed E-state index contributed by atoms with van der Waals surface area (Å²) in [7, 11) is 1.85. The zero-order chi connectivity index (χ0) is 16.4. The molecule has 0 aliphatic carbocycles. The second-order valence-electron chi connectivity index (χ2n) is 5.63. The molecule has 3 rings (SSSR count). The SMILES string of the molecule is Cn1cc(C2CC(NC(=O)c3ccc(F)cc3Cl)CCO2)cn1. The molecule has 2 unspecified atom stereocenters. The van der Waals surface area contributed by atoms with Crippen LogP contribution in [-0.2, 0) is 11.8 Å². The molecule has 0 spiro atoms. The molecule has 23 heavy (non-hydrogen) atoms. The molecule has 1 aromatic heterocycles. The number of hydrogen-bond donors (Lipinski definition) is 1. The summed E-state index contributed by atoms with van der Waals surface area (Å²) >= 11 is 5.93. The molecule has 5 nitrogen and oxygen atoms in total. The van der Waals surface area contributed by atoms with Crippen molar-refractivity contribution >= 4 is 17.5 Å². The van der Waals surface area contributed by atoms with E-state index in [4.69, 9.17) is 16.3 Å². The number of halogens is 2. The van der Waals surface area contributed by atoms with E-state index < -0.39 is 5.82 Å². The minimum absolute atomic E-state index is 0.0254. The van der Waals surface area contributed by atoms with Crippen molar-refractivity contribution < 1.29 is 13.9 Å². The molecule has 2 aromatic rings. The fraction of sp³-hybridized carbons (Fsp3) is 0.375. The molecule has 2 heterocycles. The van der Waals surface area contributed by atoms with Gasteiger partial charge in [0, 0.05) is 31.5 Å². The van der Waals surface area contributed by atoms with Crippen molar-refractivity contribution in [1.82, 2.24) is 15.1 Å². The lowest BCUT2D eigenvalue weighted by atomic mass is 9.99. The summed E-state index contributed by atoms with van der Waals surface area (Å²) in [6, 6.07) is 3.73. The maximum Gasteiger partial charge on any atom is 0.253 e. The van der Waals surface area contributed by atoms with Gasteiger partial charge in [0.2, 0.25) is 0 Å². The molecule has 1 N–H and O–H groups in total. The van der Waals surface area contributed by atoms with Gasteiger partial charge in [-0.3, -0.25) is 9.48 Å². The van der Waals surface area contributed by atoms with Crippen molar-refractivity contribution in [3.63, 3.8) is 0 Å². The average Bonchev–Trinajstić information content (AvgIpc) is 2.94. The van der Waals surface area contributed by atoms with Crippen LogP contribution in [0.3, 0.4) is 0 Å². The van der Waals surface area contributed by atoms with Gasteiger partial charge in [0.25, 0.3) is 5.91 Å². The molecular weight excluding hydrogens is 321 g/mol. The molecule has 0 radical (unpaired) electrons. The topological polar surface area (TPSA) is 56.2 Å². The minimum Gasteiger partial charge on any atom is -0.373 e. The van der Waals surface area contributed by atoms with Crippen molar-refractivity contribution in [3.05, 3.63) is 52.6 Å². The van der Waals surface area contributed by atoms with Crippen LogP contribution in [0.5, 0.6) is 0 Å². The van der Waals surface area contributed by atoms with Gasteiger partial charge in [-0.05, 0) is 31.0 Å². The zero-order valence-corrected chi connectivity index (χ0v) is 13.4. The van der Waals surface area contributed by atoms with Gasteiger partial charge in [-0.2, -0.15) is 5.10 Å². The molecule has 1 fully saturated rings. The molecule has 2 atom stereocenters. The van der Waals surface area contributed by atoms with Crippen LogP contribution in [0.25, 0.3) is 0 Å². The molecular formula is C16H17ClFN3O2. The van der Waals surface area contributed by atoms with E-state index in [-0.39, 0.29) is 28.6 Å². The Hall–Kier alpha value is -1.92. The number of amides is 1. The van der Waals surface area contributed by atoms with E-state index in [1.165, 1.54) is 12.1 Å².